The van der Waals surface area contributed by atoms with Crippen LogP contribution in [0, 0.1) is 0 Å². The van der Waals surface area contributed by atoms with Crippen molar-refractivity contribution in [2.24, 2.45) is 0 Å². The van der Waals surface area contributed by atoms with E-state index >= 15 is 0 Å². The minimum atomic E-state index is -4.06. The number of anilines is 2. The van der Waals surface area contributed by atoms with Gasteiger partial charge in [-0.1, -0.05) is 5.21 Å². The minimum absolute atomic E-state index is 0.00343. The predicted molar refractivity (Wildman–Crippen MR) is 148 cm³/mol. The second kappa shape index (κ2) is 11.0. The van der Waals surface area contributed by atoms with Crippen molar-refractivity contribution in [2.75, 3.05) is 31.8 Å². The maximum Gasteiger partial charge on any atom is 0.325 e. The first kappa shape index (κ1) is 29.8. The number of fused-ring (bicyclic) bond motifs is 2. The number of aromatic nitrogens is 9. The number of hydrogen-bond donors (Lipinski definition) is 6. The number of ether oxygens (including phenoxy) is 3. The van der Waals surface area contributed by atoms with Crippen LogP contribution in [-0.2, 0) is 35.1 Å². The van der Waals surface area contributed by atoms with Crippen LogP contribution in [0.25, 0.3) is 22.3 Å². The molecule has 0 saturated carbocycles. The molecule has 0 aliphatic carbocycles. The molecule has 2 fully saturated rings. The Morgan fingerprint density at radius 1 is 1.26 bits per heavy atom. The van der Waals surface area contributed by atoms with E-state index in [2.05, 4.69) is 35.2 Å². The summed E-state index contributed by atoms with van der Waals surface area (Å²) < 4.78 is 31.8. The smallest absolute Gasteiger partial charge is 0.325 e. The maximum atomic E-state index is 12.2. The van der Waals surface area contributed by atoms with Gasteiger partial charge in [0.1, 0.15) is 35.8 Å². The van der Waals surface area contributed by atoms with E-state index < -0.39 is 61.4 Å². The van der Waals surface area contributed by atoms with Gasteiger partial charge in [0.05, 0.1) is 25.6 Å². The van der Waals surface area contributed by atoms with Gasteiger partial charge in [0.25, 0.3) is 5.56 Å². The molecule has 0 aromatic carbocycles. The fourth-order valence-electron chi connectivity index (χ4n) is 5.14. The van der Waals surface area contributed by atoms with Crippen LogP contribution in [0.4, 0.5) is 11.8 Å². The fraction of sp³-hybridized carbons (Fsp3) is 0.571. The Labute approximate surface area is 246 Å². The Bertz CT molecular complexity index is 1770. The highest BCUT2D eigenvalue weighted by molar-refractivity contribution is 8.07. The molecule has 2 saturated heterocycles. The summed E-state index contributed by atoms with van der Waals surface area (Å²) in [5.41, 5.74) is 10.1. The lowest BCUT2D eigenvalue weighted by Crippen LogP contribution is -2.44. The third kappa shape index (κ3) is 5.26. The number of aliphatic hydroxyl groups excluding tert-OH is 2. The molecule has 8 N–H and O–H groups in total. The zero-order valence-electron chi connectivity index (χ0n) is 22.6. The van der Waals surface area contributed by atoms with E-state index in [1.54, 1.807) is 11.5 Å². The largest absolute Gasteiger partial charge is 0.394 e. The number of methoxy groups -OCH3 is 1. The Hall–Kier alpha value is -3.24. The van der Waals surface area contributed by atoms with Crippen molar-refractivity contribution in [3.8, 4) is 0 Å². The summed E-state index contributed by atoms with van der Waals surface area (Å²) in [5, 5.41) is 28.7. The zero-order chi connectivity index (χ0) is 30.7. The van der Waals surface area contributed by atoms with E-state index in [1.807, 2.05) is 0 Å². The van der Waals surface area contributed by atoms with Gasteiger partial charge in [0.2, 0.25) is 5.95 Å². The number of nitrogens with one attached hydrogen (secondary N) is 1. The highest BCUT2D eigenvalue weighted by Gasteiger charge is 2.54. The SMILES string of the molecule is CO[C@H]1[C@H](n2cnc3c(N)ncnc32)O[C@](C)(COP(O)(=S)O[C@@H]2C[C@@H](CO)O[C@H]2n2nnc3c(=O)[nH]c(N)nc32)[C@H]1O. The monoisotopic (exact) mass is 641 g/mol. The first-order valence-corrected chi connectivity index (χ1v) is 15.4. The minimum Gasteiger partial charge on any atom is -0.394 e. The first-order chi connectivity index (χ1) is 20.4. The second-order valence-corrected chi connectivity index (χ2v) is 12.9. The topological polar surface area (TPSA) is 279 Å². The van der Waals surface area contributed by atoms with Crippen LogP contribution < -0.4 is 17.0 Å². The average Bonchev–Trinajstić information content (AvgIpc) is 3.72. The molecule has 4 aromatic heterocycles. The Morgan fingerprint density at radius 3 is 2.79 bits per heavy atom. The lowest BCUT2D eigenvalue weighted by atomic mass is 9.98. The number of nitrogen functional groups attached to an aromatic ring is 2. The lowest BCUT2D eigenvalue weighted by molar-refractivity contribution is -0.114. The van der Waals surface area contributed by atoms with Crippen molar-refractivity contribution in [1.82, 2.24) is 44.5 Å². The molecule has 0 bridgehead atoms. The summed E-state index contributed by atoms with van der Waals surface area (Å²) in [5.74, 6) is -0.00970. The van der Waals surface area contributed by atoms with Crippen molar-refractivity contribution in [1.29, 1.82) is 0 Å². The molecule has 232 valence electrons. The predicted octanol–water partition coefficient (Wildman–Crippen LogP) is -1.92. The molecule has 6 heterocycles. The number of imidazole rings is 1. The molecule has 0 spiro atoms. The molecular formula is C21H28N11O9PS. The summed E-state index contributed by atoms with van der Waals surface area (Å²) >= 11 is 5.30. The average molecular weight is 642 g/mol. The standard InChI is InChI=1S/C21H28N11O9PS/c1-21(13(34)12(37-2)19(40-21)31-7-26-10-14(22)24-6-25-15(10)31)5-38-42(36,43)41-9-3-8(4-33)39-18(9)32-16-11(29-30-32)17(35)28-20(23)27-16/h6-9,12-13,18-19,33-34H,3-5H2,1-2H3,(H,36,43)(H2,22,24,25)(H3,23,27,28,35)/t8-,9+,12+,13-,18+,19+,21+,42?/m0/s1. The summed E-state index contributed by atoms with van der Waals surface area (Å²) in [6.45, 7) is -3.30. The number of nitrogens with zero attached hydrogens (tertiary/aromatic N) is 8. The highest BCUT2D eigenvalue weighted by atomic mass is 32.5. The van der Waals surface area contributed by atoms with Crippen LogP contribution in [-0.4, -0.2) is 110 Å². The Kier molecular flexibility index (Phi) is 7.65. The summed E-state index contributed by atoms with van der Waals surface area (Å²) in [4.78, 5) is 42.1. The van der Waals surface area contributed by atoms with Gasteiger partial charge >= 0.3 is 6.72 Å². The molecule has 6 rings (SSSR count). The van der Waals surface area contributed by atoms with Crippen molar-refractivity contribution in [3.63, 3.8) is 0 Å². The molecule has 4 aromatic rings. The van der Waals surface area contributed by atoms with Crippen LogP contribution in [0.3, 0.4) is 0 Å². The molecule has 43 heavy (non-hydrogen) atoms. The van der Waals surface area contributed by atoms with Crippen LogP contribution in [0.1, 0.15) is 25.8 Å². The number of rotatable bonds is 9. The third-order valence-electron chi connectivity index (χ3n) is 7.27. The molecule has 2 aliphatic heterocycles. The normalized spacial score (nSPS) is 30.8. The highest BCUT2D eigenvalue weighted by Crippen LogP contribution is 2.51. The van der Waals surface area contributed by atoms with Gasteiger partial charge in [-0.25, -0.2) is 15.0 Å². The van der Waals surface area contributed by atoms with Crippen LogP contribution in [0.5, 0.6) is 0 Å². The van der Waals surface area contributed by atoms with Gasteiger partial charge < -0.3 is 49.8 Å². The number of nitrogens with two attached hydrogens (primary N) is 2. The van der Waals surface area contributed by atoms with Gasteiger partial charge in [-0.15, -0.1) is 5.10 Å². The molecule has 8 atom stereocenters. The summed E-state index contributed by atoms with van der Waals surface area (Å²) in [6, 6.07) is 0. The molecule has 2 aliphatic rings. The van der Waals surface area contributed by atoms with Gasteiger partial charge in [0.15, 0.2) is 35.1 Å². The molecule has 20 nitrogen and oxygen atoms in total. The van der Waals surface area contributed by atoms with E-state index in [9.17, 15) is 19.9 Å². The molecule has 0 radical (unpaired) electrons. The molecule has 0 amide bonds. The third-order valence-corrected chi connectivity index (χ3v) is 8.83. The quantitative estimate of drug-likeness (QED) is 0.109. The van der Waals surface area contributed by atoms with E-state index in [0.29, 0.717) is 11.2 Å². The fourth-order valence-corrected chi connectivity index (χ4v) is 6.64. The summed E-state index contributed by atoms with van der Waals surface area (Å²) in [7, 11) is 1.40. The summed E-state index contributed by atoms with van der Waals surface area (Å²) in [6.07, 6.45) is -3.13. The van der Waals surface area contributed by atoms with E-state index in [1.165, 1.54) is 19.8 Å². The number of H-pyrrole nitrogens is 1. The van der Waals surface area contributed by atoms with E-state index in [-0.39, 0.29) is 36.0 Å². The van der Waals surface area contributed by atoms with Gasteiger partial charge in [-0.05, 0) is 18.7 Å². The van der Waals surface area contributed by atoms with Crippen molar-refractivity contribution in [3.05, 3.63) is 23.0 Å². The number of aromatic amines is 1. The van der Waals surface area contributed by atoms with Crippen molar-refractivity contribution in [2.45, 2.75) is 55.8 Å². The van der Waals surface area contributed by atoms with Crippen LogP contribution >= 0.6 is 6.72 Å². The van der Waals surface area contributed by atoms with E-state index in [4.69, 9.17) is 46.5 Å². The first-order valence-electron chi connectivity index (χ1n) is 12.8. The molecule has 22 heteroatoms. The molecule has 1 unspecified atom stereocenters. The zero-order valence-corrected chi connectivity index (χ0v) is 24.3. The Balaban J connectivity index is 1.21. The maximum absolute atomic E-state index is 12.2. The van der Waals surface area contributed by atoms with E-state index in [0.717, 1.165) is 4.68 Å². The van der Waals surface area contributed by atoms with Gasteiger partial charge in [-0.2, -0.15) is 9.67 Å². The second-order valence-electron chi connectivity index (χ2n) is 10.2. The van der Waals surface area contributed by atoms with Crippen molar-refractivity contribution < 1.29 is 38.4 Å². The Morgan fingerprint density at radius 2 is 2.05 bits per heavy atom. The van der Waals surface area contributed by atoms with Crippen LogP contribution in [0.2, 0.25) is 0 Å². The van der Waals surface area contributed by atoms with Gasteiger partial charge in [0, 0.05) is 13.5 Å². The van der Waals surface area contributed by atoms with Gasteiger partial charge in [-0.3, -0.25) is 14.3 Å². The van der Waals surface area contributed by atoms with Crippen molar-refractivity contribution >= 4 is 52.6 Å². The molecular weight excluding hydrogens is 613 g/mol. The number of aliphatic hydroxyl groups is 2. The lowest BCUT2D eigenvalue weighted by Gasteiger charge is -2.30. The van der Waals surface area contributed by atoms with Crippen LogP contribution in [0.15, 0.2) is 17.4 Å². The number of hydrogen-bond acceptors (Lipinski definition) is 17.